The SMILES string of the molecule is CC(C)Oc1ccc(CN2CCC(N(CCN3CCOCC3)S(C)(=O)=O)C2)cc1. The van der Waals surface area contributed by atoms with Crippen LogP contribution in [0.5, 0.6) is 5.75 Å². The van der Waals surface area contributed by atoms with Crippen molar-refractivity contribution in [3.8, 4) is 5.75 Å². The van der Waals surface area contributed by atoms with E-state index in [-0.39, 0.29) is 12.1 Å². The molecule has 0 radical (unpaired) electrons. The molecule has 2 saturated heterocycles. The van der Waals surface area contributed by atoms with E-state index in [0.29, 0.717) is 6.54 Å². The Morgan fingerprint density at radius 1 is 1.14 bits per heavy atom. The maximum absolute atomic E-state index is 12.4. The number of nitrogens with zero attached hydrogens (tertiary/aromatic N) is 3. The molecule has 1 unspecified atom stereocenters. The molecule has 2 aliphatic heterocycles. The van der Waals surface area contributed by atoms with E-state index in [4.69, 9.17) is 9.47 Å². The highest BCUT2D eigenvalue weighted by Crippen LogP contribution is 2.22. The van der Waals surface area contributed by atoms with Crippen molar-refractivity contribution in [1.29, 1.82) is 0 Å². The van der Waals surface area contributed by atoms with Gasteiger partial charge < -0.3 is 9.47 Å². The molecule has 8 heteroatoms. The van der Waals surface area contributed by atoms with Gasteiger partial charge in [-0.05, 0) is 38.0 Å². The molecule has 0 N–H and O–H groups in total. The van der Waals surface area contributed by atoms with Crippen molar-refractivity contribution in [2.24, 2.45) is 0 Å². The molecule has 0 saturated carbocycles. The minimum atomic E-state index is -3.23. The number of hydrogen-bond donors (Lipinski definition) is 0. The van der Waals surface area contributed by atoms with E-state index in [1.165, 1.54) is 11.8 Å². The van der Waals surface area contributed by atoms with Gasteiger partial charge in [-0.25, -0.2) is 8.42 Å². The summed E-state index contributed by atoms with van der Waals surface area (Å²) in [4.78, 5) is 4.63. The summed E-state index contributed by atoms with van der Waals surface area (Å²) in [5.74, 6) is 0.884. The average molecular weight is 426 g/mol. The lowest BCUT2D eigenvalue weighted by molar-refractivity contribution is 0.0354. The van der Waals surface area contributed by atoms with Gasteiger partial charge in [-0.15, -0.1) is 0 Å². The molecule has 1 aromatic carbocycles. The molecule has 164 valence electrons. The number of morpholine rings is 1. The van der Waals surface area contributed by atoms with Crippen LogP contribution in [0, 0.1) is 0 Å². The minimum absolute atomic E-state index is 0.0505. The van der Waals surface area contributed by atoms with Crippen molar-refractivity contribution in [3.05, 3.63) is 29.8 Å². The van der Waals surface area contributed by atoms with Gasteiger partial charge in [0, 0.05) is 51.9 Å². The smallest absolute Gasteiger partial charge is 0.211 e. The first kappa shape index (κ1) is 22.5. The van der Waals surface area contributed by atoms with Crippen LogP contribution in [0.25, 0.3) is 0 Å². The third kappa shape index (κ3) is 6.93. The number of ether oxygens (including phenoxy) is 2. The number of rotatable bonds is 9. The Labute approximate surface area is 175 Å². The van der Waals surface area contributed by atoms with Crippen LogP contribution in [-0.2, 0) is 21.3 Å². The van der Waals surface area contributed by atoms with E-state index < -0.39 is 10.0 Å². The first-order valence-electron chi connectivity index (χ1n) is 10.6. The number of benzene rings is 1. The highest BCUT2D eigenvalue weighted by Gasteiger charge is 2.33. The van der Waals surface area contributed by atoms with Gasteiger partial charge >= 0.3 is 0 Å². The van der Waals surface area contributed by atoms with E-state index in [2.05, 4.69) is 21.9 Å². The van der Waals surface area contributed by atoms with Gasteiger partial charge in [-0.1, -0.05) is 12.1 Å². The molecule has 2 aliphatic rings. The third-order valence-corrected chi connectivity index (χ3v) is 6.86. The van der Waals surface area contributed by atoms with Gasteiger partial charge in [0.05, 0.1) is 25.6 Å². The van der Waals surface area contributed by atoms with Crippen molar-refractivity contribution in [2.75, 3.05) is 58.7 Å². The van der Waals surface area contributed by atoms with Crippen LogP contribution in [0.2, 0.25) is 0 Å². The van der Waals surface area contributed by atoms with Crippen molar-refractivity contribution < 1.29 is 17.9 Å². The summed E-state index contributed by atoms with van der Waals surface area (Å²) in [7, 11) is -3.23. The fourth-order valence-electron chi connectivity index (χ4n) is 4.08. The molecule has 0 aromatic heterocycles. The van der Waals surface area contributed by atoms with Crippen molar-refractivity contribution in [1.82, 2.24) is 14.1 Å². The first-order chi connectivity index (χ1) is 13.8. The zero-order valence-corrected chi connectivity index (χ0v) is 18.7. The molecule has 2 fully saturated rings. The largest absolute Gasteiger partial charge is 0.491 e. The number of likely N-dealkylation sites (tertiary alicyclic amines) is 1. The topological polar surface area (TPSA) is 62.3 Å². The highest BCUT2D eigenvalue weighted by molar-refractivity contribution is 7.88. The van der Waals surface area contributed by atoms with Crippen molar-refractivity contribution >= 4 is 10.0 Å². The van der Waals surface area contributed by atoms with E-state index >= 15 is 0 Å². The molecule has 7 nitrogen and oxygen atoms in total. The molecule has 29 heavy (non-hydrogen) atoms. The lowest BCUT2D eigenvalue weighted by atomic mass is 10.2. The van der Waals surface area contributed by atoms with Gasteiger partial charge in [0.25, 0.3) is 0 Å². The molecular weight excluding hydrogens is 390 g/mol. The van der Waals surface area contributed by atoms with E-state index in [1.807, 2.05) is 26.0 Å². The standard InChI is InChI=1S/C21H35N3O4S/c1-18(2)28-21-6-4-19(5-7-21)16-23-9-8-20(17-23)24(29(3,25)26)11-10-22-12-14-27-15-13-22/h4-7,18,20H,8-17H2,1-3H3. The average Bonchev–Trinajstić information content (AvgIpc) is 3.11. The van der Waals surface area contributed by atoms with Gasteiger partial charge in [0.1, 0.15) is 5.75 Å². The van der Waals surface area contributed by atoms with Gasteiger partial charge in [-0.3, -0.25) is 9.80 Å². The predicted molar refractivity (Wildman–Crippen MR) is 115 cm³/mol. The maximum Gasteiger partial charge on any atom is 0.211 e. The summed E-state index contributed by atoms with van der Waals surface area (Å²) in [5.41, 5.74) is 1.22. The Morgan fingerprint density at radius 2 is 1.83 bits per heavy atom. The second kappa shape index (κ2) is 10.2. The van der Waals surface area contributed by atoms with E-state index in [1.54, 1.807) is 4.31 Å². The Balaban J connectivity index is 1.53. The maximum atomic E-state index is 12.4. The van der Waals surface area contributed by atoms with Crippen LogP contribution in [0.1, 0.15) is 25.8 Å². The molecule has 0 amide bonds. The molecule has 0 spiro atoms. The van der Waals surface area contributed by atoms with E-state index in [9.17, 15) is 8.42 Å². The fraction of sp³-hybridized carbons (Fsp3) is 0.714. The van der Waals surface area contributed by atoms with Crippen LogP contribution < -0.4 is 4.74 Å². The van der Waals surface area contributed by atoms with Crippen molar-refractivity contribution in [3.63, 3.8) is 0 Å². The zero-order chi connectivity index (χ0) is 20.9. The third-order valence-electron chi connectivity index (χ3n) is 5.52. The lowest BCUT2D eigenvalue weighted by Crippen LogP contribution is -2.47. The second-order valence-electron chi connectivity index (χ2n) is 8.32. The molecule has 2 heterocycles. The summed E-state index contributed by atoms with van der Waals surface area (Å²) < 4.78 is 37.7. The molecular formula is C21H35N3O4S. The molecule has 1 atom stereocenters. The van der Waals surface area contributed by atoms with Gasteiger partial charge in [-0.2, -0.15) is 4.31 Å². The Hall–Kier alpha value is -1.19. The highest BCUT2D eigenvalue weighted by atomic mass is 32.2. The lowest BCUT2D eigenvalue weighted by Gasteiger charge is -2.31. The first-order valence-corrected chi connectivity index (χ1v) is 12.4. The number of hydrogen-bond acceptors (Lipinski definition) is 6. The van der Waals surface area contributed by atoms with Crippen molar-refractivity contribution in [2.45, 2.75) is 39.0 Å². The Morgan fingerprint density at radius 3 is 2.45 bits per heavy atom. The number of sulfonamides is 1. The molecule has 3 rings (SSSR count). The van der Waals surface area contributed by atoms with Crippen LogP contribution >= 0.6 is 0 Å². The van der Waals surface area contributed by atoms with Crippen LogP contribution in [0.15, 0.2) is 24.3 Å². The Bertz CT molecular complexity index is 733. The summed E-state index contributed by atoms with van der Waals surface area (Å²) >= 11 is 0. The Kier molecular flexibility index (Phi) is 7.92. The van der Waals surface area contributed by atoms with E-state index in [0.717, 1.165) is 64.7 Å². The second-order valence-corrected chi connectivity index (χ2v) is 10.3. The minimum Gasteiger partial charge on any atom is -0.491 e. The molecule has 0 aliphatic carbocycles. The summed E-state index contributed by atoms with van der Waals surface area (Å²) in [6.07, 6.45) is 2.38. The normalized spacial score (nSPS) is 21.9. The monoisotopic (exact) mass is 425 g/mol. The van der Waals surface area contributed by atoms with Crippen LogP contribution in [0.3, 0.4) is 0 Å². The van der Waals surface area contributed by atoms with Crippen LogP contribution in [-0.4, -0.2) is 93.4 Å². The van der Waals surface area contributed by atoms with Gasteiger partial charge in [0.2, 0.25) is 10.0 Å². The fourth-order valence-corrected chi connectivity index (χ4v) is 5.21. The molecule has 0 bridgehead atoms. The quantitative estimate of drug-likeness (QED) is 0.599. The predicted octanol–water partition coefficient (Wildman–Crippen LogP) is 1.64. The molecule has 1 aromatic rings. The zero-order valence-electron chi connectivity index (χ0n) is 17.9. The summed E-state index contributed by atoms with van der Waals surface area (Å²) in [5, 5.41) is 0. The van der Waals surface area contributed by atoms with Crippen LogP contribution in [0.4, 0.5) is 0 Å². The summed E-state index contributed by atoms with van der Waals surface area (Å²) in [6.45, 7) is 11.1. The summed E-state index contributed by atoms with van der Waals surface area (Å²) in [6, 6.07) is 8.26. The van der Waals surface area contributed by atoms with Gasteiger partial charge in [0.15, 0.2) is 0 Å².